The Kier molecular flexibility index (Phi) is 25.1. The van der Waals surface area contributed by atoms with Crippen molar-refractivity contribution in [2.45, 2.75) is 149 Å². The Morgan fingerprint density at radius 2 is 1.00 bits per heavy atom. The van der Waals surface area contributed by atoms with Crippen LogP contribution in [-0.2, 0) is 4.79 Å². The van der Waals surface area contributed by atoms with E-state index in [2.05, 4.69) is 12.2 Å². The number of hydrogen-bond donors (Lipinski definition) is 2. The predicted octanol–water partition coefficient (Wildman–Crippen LogP) is 8.03. The summed E-state index contributed by atoms with van der Waals surface area (Å²) >= 11 is 0. The largest absolute Gasteiger partial charge is 0.356 e. The molecular weight excluding hydrogens is 384 g/mol. The molecule has 0 radical (unpaired) electrons. The second-order valence-corrected chi connectivity index (χ2v) is 9.36. The molecule has 0 spiro atoms. The monoisotopic (exact) mass is 440 g/mol. The second-order valence-electron chi connectivity index (χ2n) is 9.36. The van der Waals surface area contributed by atoms with Crippen LogP contribution in [0.4, 0.5) is 0 Å². The van der Waals surface area contributed by atoms with Crippen molar-refractivity contribution < 1.29 is 10.0 Å². The van der Waals surface area contributed by atoms with Crippen LogP contribution < -0.4 is 5.32 Å². The van der Waals surface area contributed by atoms with Crippen LogP contribution in [0.2, 0.25) is 0 Å². The van der Waals surface area contributed by atoms with Gasteiger partial charge in [0.15, 0.2) is 0 Å². The van der Waals surface area contributed by atoms with Gasteiger partial charge in [-0.1, -0.05) is 129 Å². The molecule has 0 bridgehead atoms. The number of unbranched alkanes of at least 4 members (excludes halogenated alkanes) is 18. The molecule has 0 aliphatic rings. The number of hydroxylamine groups is 2. The van der Waals surface area contributed by atoms with Gasteiger partial charge >= 0.3 is 0 Å². The maximum Gasteiger partial charge on any atom is 0.219 e. The Bertz CT molecular complexity index is 363. The minimum absolute atomic E-state index is 0.160. The Morgan fingerprint density at radius 1 is 0.613 bits per heavy atom. The zero-order valence-electron chi connectivity index (χ0n) is 21.3. The fraction of sp³-hybridized carbons (Fsp3) is 0.963. The number of hydrogen-bond acceptors (Lipinski definition) is 3. The number of nitrogens with zero attached hydrogens (tertiary/aromatic N) is 1. The molecule has 0 unspecified atom stereocenters. The molecule has 0 aromatic rings. The first-order valence-electron chi connectivity index (χ1n) is 13.9. The van der Waals surface area contributed by atoms with Gasteiger partial charge < -0.3 is 10.5 Å². The van der Waals surface area contributed by atoms with Gasteiger partial charge in [0.2, 0.25) is 5.91 Å². The van der Waals surface area contributed by atoms with Crippen LogP contribution in [0.25, 0.3) is 0 Å². The van der Waals surface area contributed by atoms with E-state index in [4.69, 9.17) is 0 Å². The zero-order chi connectivity index (χ0) is 22.8. The van der Waals surface area contributed by atoms with E-state index in [0.29, 0.717) is 26.1 Å². The fourth-order valence-corrected chi connectivity index (χ4v) is 4.10. The summed E-state index contributed by atoms with van der Waals surface area (Å²) in [6.07, 6.45) is 27.6. The highest BCUT2D eigenvalue weighted by Gasteiger charge is 2.02. The standard InChI is InChI=1S/C27H56N2O2/c1-3-5-6-7-8-9-10-11-12-13-14-15-16-17-18-19-20-21-22-24-27(30)28-25-23-26-29(31)4-2/h31H,3-26H2,1-2H3,(H,28,30). The smallest absolute Gasteiger partial charge is 0.219 e. The lowest BCUT2D eigenvalue weighted by atomic mass is 10.0. The van der Waals surface area contributed by atoms with Crippen molar-refractivity contribution in [2.24, 2.45) is 0 Å². The maximum absolute atomic E-state index is 11.8. The van der Waals surface area contributed by atoms with Gasteiger partial charge in [-0.15, -0.1) is 0 Å². The first-order valence-corrected chi connectivity index (χ1v) is 13.9. The summed E-state index contributed by atoms with van der Waals surface area (Å²) in [6, 6.07) is 0. The molecule has 0 fully saturated rings. The molecule has 0 aliphatic heterocycles. The van der Waals surface area contributed by atoms with Crippen LogP contribution in [0.15, 0.2) is 0 Å². The van der Waals surface area contributed by atoms with Crippen molar-refractivity contribution in [3.63, 3.8) is 0 Å². The summed E-state index contributed by atoms with van der Waals surface area (Å²) in [5.41, 5.74) is 0. The van der Waals surface area contributed by atoms with Crippen LogP contribution in [0.5, 0.6) is 0 Å². The van der Waals surface area contributed by atoms with Gasteiger partial charge in [-0.3, -0.25) is 4.79 Å². The van der Waals surface area contributed by atoms with Crippen molar-refractivity contribution in [1.82, 2.24) is 10.4 Å². The molecule has 4 nitrogen and oxygen atoms in total. The molecule has 2 N–H and O–H groups in total. The third-order valence-electron chi connectivity index (χ3n) is 6.29. The summed E-state index contributed by atoms with van der Waals surface area (Å²) in [5, 5.41) is 13.5. The van der Waals surface area contributed by atoms with Gasteiger partial charge in [-0.2, -0.15) is 5.06 Å². The van der Waals surface area contributed by atoms with Gasteiger partial charge in [0.1, 0.15) is 0 Å². The molecule has 0 aliphatic carbocycles. The average molecular weight is 441 g/mol. The predicted molar refractivity (Wildman–Crippen MR) is 135 cm³/mol. The third-order valence-corrected chi connectivity index (χ3v) is 6.29. The maximum atomic E-state index is 11.8. The lowest BCUT2D eigenvalue weighted by Crippen LogP contribution is -2.28. The molecule has 0 saturated heterocycles. The molecule has 0 aromatic carbocycles. The van der Waals surface area contributed by atoms with Crippen LogP contribution in [0.1, 0.15) is 149 Å². The molecule has 0 heterocycles. The van der Waals surface area contributed by atoms with Crippen molar-refractivity contribution in [2.75, 3.05) is 19.6 Å². The zero-order valence-corrected chi connectivity index (χ0v) is 21.3. The molecule has 0 rings (SSSR count). The number of rotatable bonds is 25. The van der Waals surface area contributed by atoms with E-state index in [1.54, 1.807) is 0 Å². The number of amides is 1. The van der Waals surface area contributed by atoms with Crippen LogP contribution in [0, 0.1) is 0 Å². The normalized spacial score (nSPS) is 11.4. The SMILES string of the molecule is CCCCCCCCCCCCCCCCCCCCCC(=O)NCCCN(O)CC. The van der Waals surface area contributed by atoms with E-state index in [1.807, 2.05) is 6.92 Å². The van der Waals surface area contributed by atoms with Crippen molar-refractivity contribution in [3.05, 3.63) is 0 Å². The van der Waals surface area contributed by atoms with Crippen molar-refractivity contribution in [3.8, 4) is 0 Å². The molecule has 186 valence electrons. The van der Waals surface area contributed by atoms with Gasteiger partial charge in [0, 0.05) is 26.1 Å². The van der Waals surface area contributed by atoms with Crippen molar-refractivity contribution >= 4 is 5.91 Å². The molecule has 31 heavy (non-hydrogen) atoms. The van der Waals surface area contributed by atoms with E-state index < -0.39 is 0 Å². The van der Waals surface area contributed by atoms with E-state index in [1.165, 1.54) is 121 Å². The topological polar surface area (TPSA) is 52.6 Å². The Hall–Kier alpha value is -0.610. The highest BCUT2D eigenvalue weighted by molar-refractivity contribution is 5.75. The Balaban J connectivity index is 3.13. The molecule has 0 saturated carbocycles. The van der Waals surface area contributed by atoms with Crippen LogP contribution in [-0.4, -0.2) is 35.8 Å². The van der Waals surface area contributed by atoms with Gasteiger partial charge in [-0.05, 0) is 12.8 Å². The van der Waals surface area contributed by atoms with Crippen molar-refractivity contribution in [1.29, 1.82) is 0 Å². The first-order chi connectivity index (χ1) is 15.2. The molecular formula is C27H56N2O2. The lowest BCUT2D eigenvalue weighted by Gasteiger charge is -2.11. The molecule has 1 amide bonds. The molecule has 0 atom stereocenters. The third kappa shape index (κ3) is 25.5. The summed E-state index contributed by atoms with van der Waals surface area (Å²) in [7, 11) is 0. The van der Waals surface area contributed by atoms with E-state index in [0.717, 1.165) is 12.8 Å². The van der Waals surface area contributed by atoms with E-state index >= 15 is 0 Å². The average Bonchev–Trinajstić information content (AvgIpc) is 2.78. The quantitative estimate of drug-likeness (QED) is 0.112. The summed E-state index contributed by atoms with van der Waals surface area (Å²) in [5.74, 6) is 0.160. The number of nitrogens with one attached hydrogen (secondary N) is 1. The fourth-order valence-electron chi connectivity index (χ4n) is 4.10. The summed E-state index contributed by atoms with van der Waals surface area (Å²) < 4.78 is 0. The Labute approximate surface area is 194 Å². The van der Waals surface area contributed by atoms with E-state index in [-0.39, 0.29) is 5.91 Å². The molecule has 4 heteroatoms. The number of carbonyl (C=O) groups excluding carboxylic acids is 1. The van der Waals surface area contributed by atoms with Gasteiger partial charge in [0.05, 0.1) is 0 Å². The summed E-state index contributed by atoms with van der Waals surface area (Å²) in [6.45, 7) is 6.12. The first kappa shape index (κ1) is 30.4. The minimum Gasteiger partial charge on any atom is -0.356 e. The highest BCUT2D eigenvalue weighted by atomic mass is 16.5. The highest BCUT2D eigenvalue weighted by Crippen LogP contribution is 2.14. The van der Waals surface area contributed by atoms with E-state index in [9.17, 15) is 10.0 Å². The minimum atomic E-state index is 0.160. The second kappa shape index (κ2) is 25.6. The molecule has 0 aromatic heterocycles. The Morgan fingerprint density at radius 3 is 1.39 bits per heavy atom. The van der Waals surface area contributed by atoms with Crippen LogP contribution >= 0.6 is 0 Å². The lowest BCUT2D eigenvalue weighted by molar-refractivity contribution is -0.121. The number of carbonyl (C=O) groups is 1. The van der Waals surface area contributed by atoms with Gasteiger partial charge in [0.25, 0.3) is 0 Å². The van der Waals surface area contributed by atoms with Gasteiger partial charge in [-0.25, -0.2) is 0 Å². The summed E-state index contributed by atoms with van der Waals surface area (Å²) in [4.78, 5) is 11.8. The van der Waals surface area contributed by atoms with Crippen LogP contribution in [0.3, 0.4) is 0 Å².